The normalized spacial score (nSPS) is 10.4. The monoisotopic (exact) mass is 346 g/mol. The number of ether oxygens (including phenoxy) is 1. The van der Waals surface area contributed by atoms with Gasteiger partial charge in [0.15, 0.2) is 11.7 Å². The highest BCUT2D eigenvalue weighted by atomic mass is 32.1. The molecule has 122 valence electrons. The summed E-state index contributed by atoms with van der Waals surface area (Å²) in [4.78, 5) is 16.1. The molecule has 0 aliphatic heterocycles. The van der Waals surface area contributed by atoms with Gasteiger partial charge in [0.1, 0.15) is 17.4 Å². The number of thiazole rings is 1. The standard InChI is InChI=1S/C17H12F2N2O2S/c18-12-6-4-11(5-7-12)15-10-24-17(20-15)21-16(22)9-23-14-3-1-2-13(19)8-14/h1-8,10H,9H2,(H,20,21,22). The lowest BCUT2D eigenvalue weighted by Crippen LogP contribution is -2.20. The van der Waals surface area contributed by atoms with Crippen molar-refractivity contribution < 1.29 is 18.3 Å². The molecule has 0 spiro atoms. The minimum Gasteiger partial charge on any atom is -0.484 e. The third-order valence-corrected chi connectivity index (χ3v) is 3.81. The van der Waals surface area contributed by atoms with Crippen LogP contribution >= 0.6 is 11.3 Å². The molecule has 1 aromatic heterocycles. The summed E-state index contributed by atoms with van der Waals surface area (Å²) in [5, 5.41) is 4.77. The molecule has 2 aromatic carbocycles. The average Bonchev–Trinajstić information content (AvgIpc) is 3.02. The van der Waals surface area contributed by atoms with Crippen molar-refractivity contribution in [3.05, 3.63) is 65.5 Å². The van der Waals surface area contributed by atoms with Gasteiger partial charge in [-0.25, -0.2) is 13.8 Å². The molecule has 24 heavy (non-hydrogen) atoms. The number of anilines is 1. The van der Waals surface area contributed by atoms with Crippen LogP contribution in [0.3, 0.4) is 0 Å². The Kier molecular flexibility index (Phi) is 4.81. The fraction of sp³-hybridized carbons (Fsp3) is 0.0588. The van der Waals surface area contributed by atoms with Gasteiger partial charge < -0.3 is 4.74 Å². The largest absolute Gasteiger partial charge is 0.484 e. The maximum Gasteiger partial charge on any atom is 0.264 e. The first-order valence-electron chi connectivity index (χ1n) is 7.00. The van der Waals surface area contributed by atoms with E-state index in [1.165, 1.54) is 41.7 Å². The molecule has 0 saturated carbocycles. The van der Waals surface area contributed by atoms with Gasteiger partial charge in [0, 0.05) is 17.0 Å². The summed E-state index contributed by atoms with van der Waals surface area (Å²) in [6.07, 6.45) is 0. The SMILES string of the molecule is O=C(COc1cccc(F)c1)Nc1nc(-c2ccc(F)cc2)cs1. The van der Waals surface area contributed by atoms with Gasteiger partial charge in [0.2, 0.25) is 0 Å². The van der Waals surface area contributed by atoms with E-state index in [4.69, 9.17) is 4.74 Å². The topological polar surface area (TPSA) is 51.2 Å². The van der Waals surface area contributed by atoms with Crippen LogP contribution in [0, 0.1) is 11.6 Å². The van der Waals surface area contributed by atoms with Crippen LogP contribution in [-0.2, 0) is 4.79 Å². The van der Waals surface area contributed by atoms with Crippen LogP contribution in [0.4, 0.5) is 13.9 Å². The summed E-state index contributed by atoms with van der Waals surface area (Å²) in [6.45, 7) is -0.255. The molecule has 1 N–H and O–H groups in total. The third kappa shape index (κ3) is 4.14. The second-order valence-electron chi connectivity index (χ2n) is 4.84. The summed E-state index contributed by atoms with van der Waals surface area (Å²) in [6, 6.07) is 11.5. The zero-order chi connectivity index (χ0) is 16.9. The lowest BCUT2D eigenvalue weighted by molar-refractivity contribution is -0.118. The Hall–Kier alpha value is -2.80. The number of hydrogen-bond acceptors (Lipinski definition) is 4. The molecular weight excluding hydrogens is 334 g/mol. The van der Waals surface area contributed by atoms with Gasteiger partial charge in [-0.1, -0.05) is 6.07 Å². The van der Waals surface area contributed by atoms with Crippen LogP contribution < -0.4 is 10.1 Å². The van der Waals surface area contributed by atoms with Crippen LogP contribution in [0.15, 0.2) is 53.9 Å². The van der Waals surface area contributed by atoms with Crippen molar-refractivity contribution >= 4 is 22.4 Å². The van der Waals surface area contributed by atoms with Crippen molar-refractivity contribution in [1.29, 1.82) is 0 Å². The first-order valence-corrected chi connectivity index (χ1v) is 7.88. The first kappa shape index (κ1) is 16.1. The van der Waals surface area contributed by atoms with Crippen LogP contribution in [0.25, 0.3) is 11.3 Å². The minimum atomic E-state index is -0.434. The smallest absolute Gasteiger partial charge is 0.264 e. The van der Waals surface area contributed by atoms with E-state index in [2.05, 4.69) is 10.3 Å². The highest BCUT2D eigenvalue weighted by Crippen LogP contribution is 2.25. The molecule has 0 radical (unpaired) electrons. The minimum absolute atomic E-state index is 0.255. The number of rotatable bonds is 5. The van der Waals surface area contributed by atoms with E-state index in [9.17, 15) is 13.6 Å². The van der Waals surface area contributed by atoms with Gasteiger partial charge in [0.05, 0.1) is 5.69 Å². The highest BCUT2D eigenvalue weighted by Gasteiger charge is 2.09. The summed E-state index contributed by atoms with van der Waals surface area (Å²) < 4.78 is 31.1. The van der Waals surface area contributed by atoms with Crippen LogP contribution in [0.2, 0.25) is 0 Å². The van der Waals surface area contributed by atoms with Crippen LogP contribution in [0.5, 0.6) is 5.75 Å². The van der Waals surface area contributed by atoms with Crippen molar-refractivity contribution in [2.24, 2.45) is 0 Å². The number of halogens is 2. The molecule has 1 amide bonds. The maximum absolute atomic E-state index is 13.0. The summed E-state index contributed by atoms with van der Waals surface area (Å²) >= 11 is 1.25. The summed E-state index contributed by atoms with van der Waals surface area (Å²) in [7, 11) is 0. The van der Waals surface area contributed by atoms with Crippen molar-refractivity contribution in [2.75, 3.05) is 11.9 Å². The first-order chi connectivity index (χ1) is 11.6. The lowest BCUT2D eigenvalue weighted by atomic mass is 10.2. The van der Waals surface area contributed by atoms with E-state index in [1.54, 1.807) is 23.6 Å². The third-order valence-electron chi connectivity index (χ3n) is 3.06. The molecule has 0 saturated heterocycles. The molecule has 7 heteroatoms. The zero-order valence-corrected chi connectivity index (χ0v) is 13.1. The quantitative estimate of drug-likeness (QED) is 0.756. The molecule has 0 atom stereocenters. The summed E-state index contributed by atoms with van der Waals surface area (Å²) in [5.41, 5.74) is 1.39. The molecule has 0 aliphatic carbocycles. The van der Waals surface area contributed by atoms with E-state index >= 15 is 0 Å². The number of hydrogen-bond donors (Lipinski definition) is 1. The molecule has 0 unspecified atom stereocenters. The molecule has 0 fully saturated rings. The second kappa shape index (κ2) is 7.18. The Morgan fingerprint density at radius 2 is 1.92 bits per heavy atom. The number of benzene rings is 2. The van der Waals surface area contributed by atoms with Crippen molar-refractivity contribution in [3.8, 4) is 17.0 Å². The number of carbonyl (C=O) groups is 1. The predicted octanol–water partition coefficient (Wildman–Crippen LogP) is 4.11. The van der Waals surface area contributed by atoms with Crippen molar-refractivity contribution in [1.82, 2.24) is 4.98 Å². The Labute approximate surface area is 140 Å². The number of amides is 1. The van der Waals surface area contributed by atoms with E-state index in [0.717, 1.165) is 5.56 Å². The van der Waals surface area contributed by atoms with Gasteiger partial charge in [0.25, 0.3) is 5.91 Å². The highest BCUT2D eigenvalue weighted by molar-refractivity contribution is 7.14. The van der Waals surface area contributed by atoms with Gasteiger partial charge in [-0.15, -0.1) is 11.3 Å². The average molecular weight is 346 g/mol. The number of nitrogens with zero attached hydrogens (tertiary/aromatic N) is 1. The molecule has 3 aromatic rings. The van der Waals surface area contributed by atoms with E-state index in [-0.39, 0.29) is 18.2 Å². The number of aromatic nitrogens is 1. The van der Waals surface area contributed by atoms with E-state index < -0.39 is 11.7 Å². The summed E-state index contributed by atoms with van der Waals surface area (Å²) in [5.74, 6) is -0.885. The molecular formula is C17H12F2N2O2S. The van der Waals surface area contributed by atoms with Crippen molar-refractivity contribution in [2.45, 2.75) is 0 Å². The maximum atomic E-state index is 13.0. The molecule has 3 rings (SSSR count). The fourth-order valence-corrected chi connectivity index (χ4v) is 2.68. The van der Waals surface area contributed by atoms with E-state index in [0.29, 0.717) is 10.8 Å². The zero-order valence-electron chi connectivity index (χ0n) is 12.3. The Balaban J connectivity index is 1.58. The fourth-order valence-electron chi connectivity index (χ4n) is 1.95. The Morgan fingerprint density at radius 1 is 1.12 bits per heavy atom. The molecule has 0 bridgehead atoms. The number of carbonyl (C=O) groups excluding carboxylic acids is 1. The Morgan fingerprint density at radius 3 is 2.67 bits per heavy atom. The van der Waals surface area contributed by atoms with Gasteiger partial charge in [-0.05, 0) is 36.4 Å². The van der Waals surface area contributed by atoms with Crippen molar-refractivity contribution in [3.63, 3.8) is 0 Å². The lowest BCUT2D eigenvalue weighted by Gasteiger charge is -2.05. The van der Waals surface area contributed by atoms with Gasteiger partial charge in [-0.3, -0.25) is 10.1 Å². The predicted molar refractivity (Wildman–Crippen MR) is 88.0 cm³/mol. The van der Waals surface area contributed by atoms with E-state index in [1.807, 2.05) is 0 Å². The molecule has 1 heterocycles. The van der Waals surface area contributed by atoms with Crippen LogP contribution in [-0.4, -0.2) is 17.5 Å². The molecule has 0 aliphatic rings. The number of nitrogens with one attached hydrogen (secondary N) is 1. The van der Waals surface area contributed by atoms with Crippen LogP contribution in [0.1, 0.15) is 0 Å². The van der Waals surface area contributed by atoms with Gasteiger partial charge >= 0.3 is 0 Å². The molecule has 4 nitrogen and oxygen atoms in total. The second-order valence-corrected chi connectivity index (χ2v) is 5.70. The van der Waals surface area contributed by atoms with Gasteiger partial charge in [-0.2, -0.15) is 0 Å². The Bertz CT molecular complexity index is 850.